The van der Waals surface area contributed by atoms with E-state index in [4.69, 9.17) is 9.47 Å². The van der Waals surface area contributed by atoms with Crippen molar-refractivity contribution in [2.24, 2.45) is 0 Å². The molecule has 8 nitrogen and oxygen atoms in total. The van der Waals surface area contributed by atoms with Gasteiger partial charge in [-0.05, 0) is 79.6 Å². The van der Waals surface area contributed by atoms with Crippen LogP contribution in [0, 0.1) is 6.92 Å². The Morgan fingerprint density at radius 3 is 2.66 bits per heavy atom. The fourth-order valence-corrected chi connectivity index (χ4v) is 5.22. The van der Waals surface area contributed by atoms with Gasteiger partial charge in [0.1, 0.15) is 23.7 Å². The lowest BCUT2D eigenvalue weighted by Crippen LogP contribution is -2.14. The number of methoxy groups -OCH3 is 1. The van der Waals surface area contributed by atoms with E-state index in [0.717, 1.165) is 30.7 Å². The first kappa shape index (κ1) is 28.2. The molecule has 0 unspecified atom stereocenters. The molecule has 2 aromatic carbocycles. The van der Waals surface area contributed by atoms with Gasteiger partial charge in [0, 0.05) is 18.2 Å². The Hall–Kier alpha value is -4.33. The molecule has 0 spiro atoms. The summed E-state index contributed by atoms with van der Waals surface area (Å²) in [7, 11) is 1.62. The van der Waals surface area contributed by atoms with E-state index in [1.54, 1.807) is 25.4 Å². The molecular weight excluding hydrogens is 514 g/mol. The van der Waals surface area contributed by atoms with Crippen LogP contribution >= 0.6 is 0 Å². The lowest BCUT2D eigenvalue weighted by molar-refractivity contribution is 0.102. The minimum Gasteiger partial charge on any atom is -0.495 e. The summed E-state index contributed by atoms with van der Waals surface area (Å²) in [4.78, 5) is 31.2. The molecule has 2 heterocycles. The van der Waals surface area contributed by atoms with Crippen LogP contribution in [0.3, 0.4) is 0 Å². The van der Waals surface area contributed by atoms with E-state index in [9.17, 15) is 4.79 Å². The van der Waals surface area contributed by atoms with Crippen LogP contribution < -0.4 is 14.8 Å². The number of hydrogen-bond acceptors (Lipinski definition) is 7. The molecule has 4 aromatic rings. The van der Waals surface area contributed by atoms with Crippen LogP contribution in [0.5, 0.6) is 17.4 Å². The summed E-state index contributed by atoms with van der Waals surface area (Å²) >= 11 is 0. The maximum Gasteiger partial charge on any atom is 0.255 e. The van der Waals surface area contributed by atoms with Gasteiger partial charge in [-0.3, -0.25) is 4.79 Å². The lowest BCUT2D eigenvalue weighted by Gasteiger charge is -2.23. The van der Waals surface area contributed by atoms with E-state index < -0.39 is 0 Å². The SMILES string of the molecule is CCCCc1ncnc(-c2cccnc2Oc2cc(C(=O)Nc3cc(C4CCCCC4)ccc3OC)ccc2C)n1. The Morgan fingerprint density at radius 1 is 1.00 bits per heavy atom. The minimum atomic E-state index is -0.242. The predicted octanol–water partition coefficient (Wildman–Crippen LogP) is 7.69. The first-order valence-electron chi connectivity index (χ1n) is 14.5. The quantitative estimate of drug-likeness (QED) is 0.216. The number of anilines is 1. The Labute approximate surface area is 241 Å². The van der Waals surface area contributed by atoms with Crippen molar-refractivity contribution in [2.45, 2.75) is 71.1 Å². The van der Waals surface area contributed by atoms with Gasteiger partial charge in [0.15, 0.2) is 5.82 Å². The molecule has 8 heteroatoms. The molecule has 1 amide bonds. The van der Waals surface area contributed by atoms with Crippen LogP contribution in [0.25, 0.3) is 11.4 Å². The highest BCUT2D eigenvalue weighted by atomic mass is 16.5. The number of aromatic nitrogens is 4. The largest absolute Gasteiger partial charge is 0.495 e. The molecular formula is C33H37N5O3. The molecule has 1 aliphatic carbocycles. The number of carbonyl (C=O) groups excluding carboxylic acids is 1. The first-order chi connectivity index (χ1) is 20.1. The number of ether oxygens (including phenoxy) is 2. The van der Waals surface area contributed by atoms with Crippen molar-refractivity contribution in [1.82, 2.24) is 19.9 Å². The van der Waals surface area contributed by atoms with Crippen LogP contribution in [-0.4, -0.2) is 33.0 Å². The summed E-state index contributed by atoms with van der Waals surface area (Å²) in [6, 6.07) is 15.2. The third kappa shape index (κ3) is 6.88. The number of amides is 1. The highest BCUT2D eigenvalue weighted by molar-refractivity contribution is 6.05. The zero-order valence-electron chi connectivity index (χ0n) is 24.0. The summed E-state index contributed by atoms with van der Waals surface area (Å²) in [5.74, 6) is 3.05. The topological polar surface area (TPSA) is 99.1 Å². The van der Waals surface area contributed by atoms with Crippen molar-refractivity contribution in [1.29, 1.82) is 0 Å². The zero-order chi connectivity index (χ0) is 28.6. The second-order valence-corrected chi connectivity index (χ2v) is 10.5. The van der Waals surface area contributed by atoms with Gasteiger partial charge >= 0.3 is 0 Å². The molecule has 0 bridgehead atoms. The highest BCUT2D eigenvalue weighted by Gasteiger charge is 2.19. The maximum atomic E-state index is 13.4. The normalized spacial score (nSPS) is 13.5. The van der Waals surface area contributed by atoms with E-state index in [1.165, 1.54) is 44.0 Å². The average molecular weight is 552 g/mol. The highest BCUT2D eigenvalue weighted by Crippen LogP contribution is 2.37. The molecule has 1 saturated carbocycles. The van der Waals surface area contributed by atoms with E-state index in [-0.39, 0.29) is 5.91 Å². The van der Waals surface area contributed by atoms with Crippen molar-refractivity contribution in [3.63, 3.8) is 0 Å². The van der Waals surface area contributed by atoms with Crippen LogP contribution in [0.1, 0.15) is 85.1 Å². The Kier molecular flexibility index (Phi) is 9.19. The number of pyridine rings is 1. The van der Waals surface area contributed by atoms with Gasteiger partial charge in [-0.15, -0.1) is 0 Å². The summed E-state index contributed by atoms with van der Waals surface area (Å²) in [5, 5.41) is 3.07. The van der Waals surface area contributed by atoms with Crippen molar-refractivity contribution < 1.29 is 14.3 Å². The van der Waals surface area contributed by atoms with Gasteiger partial charge < -0.3 is 14.8 Å². The Morgan fingerprint density at radius 2 is 1.85 bits per heavy atom. The van der Waals surface area contributed by atoms with E-state index in [1.807, 2.05) is 31.2 Å². The molecule has 1 fully saturated rings. The zero-order valence-corrected chi connectivity index (χ0v) is 24.0. The standard InChI is InChI=1S/C33H37N5O3/c1-4-5-13-30-35-21-36-31(38-30)26-12-9-18-34-33(26)41-29-20-25(15-14-22(29)2)32(39)37-27-19-24(16-17-28(27)40-3)23-10-7-6-8-11-23/h9,12,14-21,23H,4-8,10-11,13H2,1-3H3,(H,37,39). The van der Waals surface area contributed by atoms with Gasteiger partial charge in [0.25, 0.3) is 5.91 Å². The number of hydrogen-bond donors (Lipinski definition) is 1. The third-order valence-electron chi connectivity index (χ3n) is 7.59. The number of nitrogens with zero attached hydrogens (tertiary/aromatic N) is 4. The second-order valence-electron chi connectivity index (χ2n) is 10.5. The van der Waals surface area contributed by atoms with Crippen molar-refractivity contribution in [3.05, 3.63) is 83.6 Å². The van der Waals surface area contributed by atoms with Gasteiger partial charge in [-0.2, -0.15) is 0 Å². The monoisotopic (exact) mass is 551 g/mol. The smallest absolute Gasteiger partial charge is 0.255 e. The van der Waals surface area contributed by atoms with Crippen LogP contribution in [0.4, 0.5) is 5.69 Å². The van der Waals surface area contributed by atoms with Crippen LogP contribution in [0.15, 0.2) is 61.1 Å². The average Bonchev–Trinajstić information content (AvgIpc) is 3.02. The molecule has 0 radical (unpaired) electrons. The number of aryl methyl sites for hydroxylation is 2. The summed E-state index contributed by atoms with van der Waals surface area (Å²) in [5.41, 5.74) is 3.91. The fraction of sp³-hybridized carbons (Fsp3) is 0.364. The van der Waals surface area contributed by atoms with Gasteiger partial charge in [-0.1, -0.05) is 44.7 Å². The molecule has 2 aromatic heterocycles. The summed E-state index contributed by atoms with van der Waals surface area (Å²) in [6.07, 6.45) is 12.2. The predicted molar refractivity (Wildman–Crippen MR) is 160 cm³/mol. The van der Waals surface area contributed by atoms with Crippen molar-refractivity contribution in [2.75, 3.05) is 12.4 Å². The maximum absolute atomic E-state index is 13.4. The molecule has 212 valence electrons. The second kappa shape index (κ2) is 13.4. The minimum absolute atomic E-state index is 0.242. The fourth-order valence-electron chi connectivity index (χ4n) is 5.22. The lowest BCUT2D eigenvalue weighted by atomic mass is 9.84. The number of unbranched alkanes of at least 4 members (excludes halogenated alkanes) is 1. The third-order valence-corrected chi connectivity index (χ3v) is 7.59. The van der Waals surface area contributed by atoms with Crippen LogP contribution in [-0.2, 0) is 6.42 Å². The summed E-state index contributed by atoms with van der Waals surface area (Å²) < 4.78 is 11.9. The van der Waals surface area contributed by atoms with Gasteiger partial charge in [0.2, 0.25) is 5.88 Å². The molecule has 41 heavy (non-hydrogen) atoms. The van der Waals surface area contributed by atoms with E-state index >= 15 is 0 Å². The Balaban J connectivity index is 1.38. The molecule has 0 aliphatic heterocycles. The van der Waals surface area contributed by atoms with Gasteiger partial charge in [0.05, 0.1) is 18.4 Å². The summed E-state index contributed by atoms with van der Waals surface area (Å²) in [6.45, 7) is 4.07. The van der Waals surface area contributed by atoms with Crippen molar-refractivity contribution in [3.8, 4) is 28.8 Å². The molecule has 0 atom stereocenters. The van der Waals surface area contributed by atoms with Crippen LogP contribution in [0.2, 0.25) is 0 Å². The number of rotatable bonds is 10. The first-order valence-corrected chi connectivity index (χ1v) is 14.5. The van der Waals surface area contributed by atoms with Crippen molar-refractivity contribution >= 4 is 11.6 Å². The molecule has 1 N–H and O–H groups in total. The van der Waals surface area contributed by atoms with Gasteiger partial charge in [-0.25, -0.2) is 19.9 Å². The number of benzene rings is 2. The Bertz CT molecular complexity index is 1500. The molecule has 0 saturated heterocycles. The number of nitrogens with one attached hydrogen (secondary N) is 1. The molecule has 1 aliphatic rings. The molecule has 5 rings (SSSR count). The van der Waals surface area contributed by atoms with E-state index in [2.05, 4.69) is 44.3 Å². The van der Waals surface area contributed by atoms with E-state index in [0.29, 0.717) is 45.9 Å². The number of carbonyl (C=O) groups is 1.